The lowest BCUT2D eigenvalue weighted by atomic mass is 10.1. The monoisotopic (exact) mass is 410 g/mol. The van der Waals surface area contributed by atoms with Gasteiger partial charge >= 0.3 is 0 Å². The molecule has 28 heavy (non-hydrogen) atoms. The highest BCUT2D eigenvalue weighted by molar-refractivity contribution is 7.15. The average Bonchev–Trinajstić information content (AvgIpc) is 3.13. The lowest BCUT2D eigenvalue weighted by molar-refractivity contribution is -0.116. The number of halogens is 1. The number of hydrogen-bond donors (Lipinski definition) is 1. The Morgan fingerprint density at radius 1 is 1.07 bits per heavy atom. The molecule has 1 amide bonds. The van der Waals surface area contributed by atoms with Crippen LogP contribution in [-0.4, -0.2) is 20.4 Å². The van der Waals surface area contributed by atoms with Gasteiger partial charge in [-0.25, -0.2) is 9.97 Å². The van der Waals surface area contributed by atoms with Crippen LogP contribution in [0.2, 0.25) is 5.02 Å². The number of amides is 1. The van der Waals surface area contributed by atoms with Crippen LogP contribution in [0.4, 0.5) is 5.13 Å². The van der Waals surface area contributed by atoms with Gasteiger partial charge in [0.2, 0.25) is 5.91 Å². The van der Waals surface area contributed by atoms with E-state index in [-0.39, 0.29) is 18.0 Å². The molecular formula is C20H15ClN4O2S. The molecule has 0 aliphatic rings. The van der Waals surface area contributed by atoms with Crippen molar-refractivity contribution < 1.29 is 4.79 Å². The lowest BCUT2D eigenvalue weighted by Crippen LogP contribution is -2.27. The zero-order chi connectivity index (χ0) is 19.5. The fourth-order valence-electron chi connectivity index (χ4n) is 2.86. The van der Waals surface area contributed by atoms with Crippen molar-refractivity contribution in [3.05, 3.63) is 86.7 Å². The minimum Gasteiger partial charge on any atom is -0.300 e. The van der Waals surface area contributed by atoms with Crippen LogP contribution in [0.15, 0.2) is 65.7 Å². The average molecular weight is 411 g/mol. The van der Waals surface area contributed by atoms with Gasteiger partial charge in [0.1, 0.15) is 6.54 Å². The van der Waals surface area contributed by atoms with Crippen LogP contribution in [0.25, 0.3) is 11.0 Å². The molecule has 140 valence electrons. The molecule has 0 spiro atoms. The van der Waals surface area contributed by atoms with Crippen molar-refractivity contribution in [1.29, 1.82) is 0 Å². The van der Waals surface area contributed by atoms with Gasteiger partial charge in [0.05, 0.1) is 17.2 Å². The van der Waals surface area contributed by atoms with Gasteiger partial charge in [-0.15, -0.1) is 11.3 Å². The molecule has 0 unspecified atom stereocenters. The van der Waals surface area contributed by atoms with Crippen LogP contribution >= 0.6 is 22.9 Å². The van der Waals surface area contributed by atoms with Crippen molar-refractivity contribution >= 4 is 45.0 Å². The summed E-state index contributed by atoms with van der Waals surface area (Å²) in [6.07, 6.45) is 3.58. The molecule has 8 heteroatoms. The molecule has 2 aromatic heterocycles. The van der Waals surface area contributed by atoms with Crippen LogP contribution in [0, 0.1) is 0 Å². The number of para-hydroxylation sites is 2. The van der Waals surface area contributed by atoms with Crippen molar-refractivity contribution in [2.45, 2.75) is 13.0 Å². The maximum atomic E-state index is 12.5. The van der Waals surface area contributed by atoms with E-state index in [0.717, 1.165) is 10.4 Å². The summed E-state index contributed by atoms with van der Waals surface area (Å²) in [6.45, 7) is -0.110. The predicted molar refractivity (Wildman–Crippen MR) is 111 cm³/mol. The number of aromatic nitrogens is 3. The van der Waals surface area contributed by atoms with E-state index in [1.54, 1.807) is 24.4 Å². The highest BCUT2D eigenvalue weighted by atomic mass is 35.5. The molecule has 0 atom stereocenters. The molecule has 0 fully saturated rings. The summed E-state index contributed by atoms with van der Waals surface area (Å²) in [5.74, 6) is -0.322. The molecule has 0 aliphatic carbocycles. The van der Waals surface area contributed by atoms with E-state index in [4.69, 9.17) is 11.6 Å². The molecule has 0 saturated carbocycles. The second-order valence-electron chi connectivity index (χ2n) is 6.12. The zero-order valence-corrected chi connectivity index (χ0v) is 16.2. The summed E-state index contributed by atoms with van der Waals surface area (Å²) in [5, 5.41) is 3.94. The Morgan fingerprint density at radius 3 is 2.71 bits per heavy atom. The number of nitrogens with zero attached hydrogens (tertiary/aromatic N) is 3. The Balaban J connectivity index is 1.48. The Morgan fingerprint density at radius 2 is 1.86 bits per heavy atom. The Bertz CT molecular complexity index is 1220. The van der Waals surface area contributed by atoms with E-state index in [1.165, 1.54) is 22.1 Å². The van der Waals surface area contributed by atoms with Crippen molar-refractivity contribution in [2.24, 2.45) is 0 Å². The number of carbonyl (C=O) groups excluding carboxylic acids is 1. The molecule has 4 aromatic rings. The molecule has 0 bridgehead atoms. The van der Waals surface area contributed by atoms with Gasteiger partial charge in [-0.05, 0) is 23.8 Å². The van der Waals surface area contributed by atoms with Gasteiger partial charge in [-0.3, -0.25) is 14.2 Å². The van der Waals surface area contributed by atoms with E-state index in [9.17, 15) is 9.59 Å². The van der Waals surface area contributed by atoms with Gasteiger partial charge in [0.25, 0.3) is 5.56 Å². The summed E-state index contributed by atoms with van der Waals surface area (Å²) < 4.78 is 1.40. The van der Waals surface area contributed by atoms with E-state index >= 15 is 0 Å². The molecule has 0 radical (unpaired) electrons. The predicted octanol–water partition coefficient (Wildman–Crippen LogP) is 3.74. The maximum absolute atomic E-state index is 12.5. The summed E-state index contributed by atoms with van der Waals surface area (Å²) in [7, 11) is 0. The first-order chi connectivity index (χ1) is 13.6. The molecule has 2 aromatic carbocycles. The van der Waals surface area contributed by atoms with Crippen LogP contribution < -0.4 is 10.9 Å². The quantitative estimate of drug-likeness (QED) is 0.543. The SMILES string of the molecule is O=C(Cn1c(=O)cnc2ccccc21)Nc1ncc(Cc2ccccc2Cl)s1. The van der Waals surface area contributed by atoms with Gasteiger partial charge < -0.3 is 5.32 Å². The molecular weight excluding hydrogens is 396 g/mol. The van der Waals surface area contributed by atoms with Crippen molar-refractivity contribution in [2.75, 3.05) is 5.32 Å². The first-order valence-electron chi connectivity index (χ1n) is 8.53. The summed E-state index contributed by atoms with van der Waals surface area (Å²) in [6, 6.07) is 14.8. The van der Waals surface area contributed by atoms with Crippen LogP contribution in [-0.2, 0) is 17.8 Å². The van der Waals surface area contributed by atoms with Gasteiger partial charge in [-0.1, -0.05) is 41.9 Å². The largest absolute Gasteiger partial charge is 0.300 e. The fourth-order valence-corrected chi connectivity index (χ4v) is 3.91. The van der Waals surface area contributed by atoms with Crippen molar-refractivity contribution in [1.82, 2.24) is 14.5 Å². The highest BCUT2D eigenvalue weighted by Crippen LogP contribution is 2.24. The van der Waals surface area contributed by atoms with E-state index < -0.39 is 0 Å². The molecule has 1 N–H and O–H groups in total. The third-order valence-corrected chi connectivity index (χ3v) is 5.46. The first kappa shape index (κ1) is 18.3. The molecule has 6 nitrogen and oxygen atoms in total. The summed E-state index contributed by atoms with van der Waals surface area (Å²) in [4.78, 5) is 33.9. The van der Waals surface area contributed by atoms with Crippen molar-refractivity contribution in [3.63, 3.8) is 0 Å². The zero-order valence-electron chi connectivity index (χ0n) is 14.6. The van der Waals surface area contributed by atoms with Gasteiger partial charge in [0.15, 0.2) is 5.13 Å². The Hall–Kier alpha value is -3.03. The first-order valence-corrected chi connectivity index (χ1v) is 9.72. The minimum atomic E-state index is -0.326. The van der Waals surface area contributed by atoms with Crippen LogP contribution in [0.5, 0.6) is 0 Å². The summed E-state index contributed by atoms with van der Waals surface area (Å²) in [5.41, 5.74) is 1.95. The van der Waals surface area contributed by atoms with Gasteiger partial charge in [0, 0.05) is 22.5 Å². The maximum Gasteiger partial charge on any atom is 0.269 e. The van der Waals surface area contributed by atoms with Gasteiger partial charge in [-0.2, -0.15) is 0 Å². The minimum absolute atomic E-state index is 0.110. The van der Waals surface area contributed by atoms with Crippen molar-refractivity contribution in [3.8, 4) is 0 Å². The third-order valence-electron chi connectivity index (χ3n) is 4.18. The molecule has 2 heterocycles. The molecule has 4 rings (SSSR count). The Kier molecular flexibility index (Phi) is 5.18. The Labute approximate surface area is 169 Å². The third kappa shape index (κ3) is 3.95. The second kappa shape index (κ2) is 7.92. The number of anilines is 1. The number of fused-ring (bicyclic) bond motifs is 1. The van der Waals surface area contributed by atoms with Crippen LogP contribution in [0.3, 0.4) is 0 Å². The van der Waals surface area contributed by atoms with E-state index in [2.05, 4.69) is 15.3 Å². The molecule has 0 saturated heterocycles. The smallest absolute Gasteiger partial charge is 0.269 e. The molecule has 0 aliphatic heterocycles. The standard InChI is InChI=1S/C20H15ClN4O2S/c21-15-6-2-1-5-13(15)9-14-10-23-20(28-14)24-18(26)12-25-17-8-4-3-7-16(17)22-11-19(25)27/h1-8,10-11H,9,12H2,(H,23,24,26). The van der Waals surface area contributed by atoms with E-state index in [0.29, 0.717) is 27.6 Å². The highest BCUT2D eigenvalue weighted by Gasteiger charge is 2.12. The number of nitrogens with one attached hydrogen (secondary N) is 1. The number of benzene rings is 2. The topological polar surface area (TPSA) is 76.9 Å². The lowest BCUT2D eigenvalue weighted by Gasteiger charge is -2.08. The number of hydrogen-bond acceptors (Lipinski definition) is 5. The van der Waals surface area contributed by atoms with Crippen LogP contribution in [0.1, 0.15) is 10.4 Å². The number of thiazole rings is 1. The second-order valence-corrected chi connectivity index (χ2v) is 7.64. The fraction of sp³-hybridized carbons (Fsp3) is 0.100. The number of rotatable bonds is 5. The van der Waals surface area contributed by atoms with E-state index in [1.807, 2.05) is 30.3 Å². The number of carbonyl (C=O) groups is 1. The summed E-state index contributed by atoms with van der Waals surface area (Å²) >= 11 is 7.58. The normalized spacial score (nSPS) is 10.9.